The standard InChI is InChI=1S/C15H18ClNO4/c1-2-15(14(20)21)6-3-7-17(9-15)13(19)11-5-4-10(16)8-12(11)18/h4-5,8,18H,2-3,6-7,9H2,1H3,(H,20,21). The number of aliphatic carboxylic acids is 1. The zero-order valence-electron chi connectivity index (χ0n) is 11.8. The summed E-state index contributed by atoms with van der Waals surface area (Å²) in [6.45, 7) is 2.48. The van der Waals surface area contributed by atoms with Crippen molar-refractivity contribution in [1.29, 1.82) is 0 Å². The molecule has 1 heterocycles. The van der Waals surface area contributed by atoms with Gasteiger partial charge < -0.3 is 15.1 Å². The van der Waals surface area contributed by atoms with E-state index in [0.717, 1.165) is 0 Å². The summed E-state index contributed by atoms with van der Waals surface area (Å²) in [7, 11) is 0. The van der Waals surface area contributed by atoms with Gasteiger partial charge in [0.1, 0.15) is 5.75 Å². The summed E-state index contributed by atoms with van der Waals surface area (Å²) in [4.78, 5) is 25.5. The van der Waals surface area contributed by atoms with Crippen LogP contribution >= 0.6 is 11.6 Å². The fraction of sp³-hybridized carbons (Fsp3) is 0.467. The molecule has 1 aromatic carbocycles. The number of aromatic hydroxyl groups is 1. The summed E-state index contributed by atoms with van der Waals surface area (Å²) in [5.74, 6) is -1.42. The van der Waals surface area contributed by atoms with E-state index in [-0.39, 0.29) is 23.8 Å². The normalized spacial score (nSPS) is 22.1. The summed E-state index contributed by atoms with van der Waals surface area (Å²) < 4.78 is 0. The molecule has 1 aliphatic heterocycles. The number of nitrogens with zero attached hydrogens (tertiary/aromatic N) is 1. The summed E-state index contributed by atoms with van der Waals surface area (Å²) >= 11 is 5.75. The average Bonchev–Trinajstić information content (AvgIpc) is 2.46. The van der Waals surface area contributed by atoms with E-state index < -0.39 is 11.4 Å². The molecular weight excluding hydrogens is 294 g/mol. The lowest BCUT2D eigenvalue weighted by Crippen LogP contribution is -2.49. The fourth-order valence-electron chi connectivity index (χ4n) is 2.78. The number of amides is 1. The molecule has 0 saturated carbocycles. The highest BCUT2D eigenvalue weighted by molar-refractivity contribution is 6.30. The van der Waals surface area contributed by atoms with Gasteiger partial charge in [-0.15, -0.1) is 0 Å². The molecule has 6 heteroatoms. The number of rotatable bonds is 3. The number of phenolic OH excluding ortho intramolecular Hbond substituents is 1. The minimum Gasteiger partial charge on any atom is -0.507 e. The van der Waals surface area contributed by atoms with Gasteiger partial charge in [-0.3, -0.25) is 9.59 Å². The first-order valence-electron chi connectivity index (χ1n) is 6.91. The highest BCUT2D eigenvalue weighted by Crippen LogP contribution is 2.35. The van der Waals surface area contributed by atoms with Crippen LogP contribution in [0.3, 0.4) is 0 Å². The van der Waals surface area contributed by atoms with Crippen LogP contribution in [0.15, 0.2) is 18.2 Å². The van der Waals surface area contributed by atoms with Gasteiger partial charge >= 0.3 is 5.97 Å². The number of piperidine rings is 1. The van der Waals surface area contributed by atoms with Crippen molar-refractivity contribution in [1.82, 2.24) is 4.90 Å². The molecule has 0 spiro atoms. The monoisotopic (exact) mass is 311 g/mol. The molecular formula is C15H18ClNO4. The van der Waals surface area contributed by atoms with Gasteiger partial charge in [-0.2, -0.15) is 0 Å². The molecule has 1 atom stereocenters. The molecule has 0 bridgehead atoms. The molecule has 21 heavy (non-hydrogen) atoms. The van der Waals surface area contributed by atoms with Gasteiger partial charge in [0.15, 0.2) is 0 Å². The quantitative estimate of drug-likeness (QED) is 0.899. The minimum atomic E-state index is -0.893. The van der Waals surface area contributed by atoms with Crippen LogP contribution in [0.5, 0.6) is 5.75 Å². The maximum Gasteiger partial charge on any atom is 0.311 e. The first-order chi connectivity index (χ1) is 9.89. The number of carbonyl (C=O) groups is 2. The van der Waals surface area contributed by atoms with Crippen LogP contribution in [-0.4, -0.2) is 40.1 Å². The third kappa shape index (κ3) is 2.97. The Morgan fingerprint density at radius 2 is 2.14 bits per heavy atom. The Kier molecular flexibility index (Phi) is 4.42. The van der Waals surface area contributed by atoms with Crippen molar-refractivity contribution in [2.75, 3.05) is 13.1 Å². The van der Waals surface area contributed by atoms with Crippen molar-refractivity contribution in [3.63, 3.8) is 0 Å². The van der Waals surface area contributed by atoms with Crippen molar-refractivity contribution in [2.24, 2.45) is 5.41 Å². The second-order valence-electron chi connectivity index (χ2n) is 5.43. The number of benzene rings is 1. The molecule has 2 rings (SSSR count). The van der Waals surface area contributed by atoms with Crippen LogP contribution in [0.1, 0.15) is 36.5 Å². The maximum atomic E-state index is 12.5. The number of hydrogen-bond acceptors (Lipinski definition) is 3. The molecule has 1 unspecified atom stereocenters. The van der Waals surface area contributed by atoms with Crippen molar-refractivity contribution in [3.05, 3.63) is 28.8 Å². The van der Waals surface area contributed by atoms with Crippen LogP contribution in [0.2, 0.25) is 5.02 Å². The van der Waals surface area contributed by atoms with E-state index in [1.165, 1.54) is 23.1 Å². The highest BCUT2D eigenvalue weighted by atomic mass is 35.5. The van der Waals surface area contributed by atoms with Gasteiger partial charge in [-0.25, -0.2) is 0 Å². The topological polar surface area (TPSA) is 77.8 Å². The molecule has 1 aromatic rings. The van der Waals surface area contributed by atoms with E-state index in [9.17, 15) is 19.8 Å². The second-order valence-corrected chi connectivity index (χ2v) is 5.87. The number of likely N-dealkylation sites (tertiary alicyclic amines) is 1. The number of carbonyl (C=O) groups excluding carboxylic acids is 1. The third-order valence-corrected chi connectivity index (χ3v) is 4.42. The zero-order valence-corrected chi connectivity index (χ0v) is 12.6. The van der Waals surface area contributed by atoms with E-state index in [0.29, 0.717) is 30.8 Å². The zero-order chi connectivity index (χ0) is 15.6. The van der Waals surface area contributed by atoms with Gasteiger partial charge in [-0.05, 0) is 37.5 Å². The molecule has 2 N–H and O–H groups in total. The van der Waals surface area contributed by atoms with Gasteiger partial charge in [0.2, 0.25) is 0 Å². The molecule has 1 fully saturated rings. The molecule has 1 saturated heterocycles. The van der Waals surface area contributed by atoms with E-state index in [1.807, 2.05) is 6.92 Å². The largest absolute Gasteiger partial charge is 0.507 e. The van der Waals surface area contributed by atoms with Gasteiger partial charge in [0, 0.05) is 18.1 Å². The Morgan fingerprint density at radius 3 is 2.71 bits per heavy atom. The molecule has 5 nitrogen and oxygen atoms in total. The number of halogens is 1. The van der Waals surface area contributed by atoms with Crippen molar-refractivity contribution in [3.8, 4) is 5.75 Å². The van der Waals surface area contributed by atoms with Gasteiger partial charge in [0.05, 0.1) is 11.0 Å². The number of hydrogen-bond donors (Lipinski definition) is 2. The first-order valence-corrected chi connectivity index (χ1v) is 7.28. The van der Waals surface area contributed by atoms with E-state index in [1.54, 1.807) is 0 Å². The van der Waals surface area contributed by atoms with Crippen molar-refractivity contribution < 1.29 is 19.8 Å². The highest BCUT2D eigenvalue weighted by Gasteiger charge is 2.42. The number of carboxylic acids is 1. The fourth-order valence-corrected chi connectivity index (χ4v) is 2.94. The molecule has 1 aliphatic rings. The Morgan fingerprint density at radius 1 is 1.43 bits per heavy atom. The Balaban J connectivity index is 2.25. The van der Waals surface area contributed by atoms with Gasteiger partial charge in [0.25, 0.3) is 5.91 Å². The van der Waals surface area contributed by atoms with Crippen LogP contribution in [0, 0.1) is 5.41 Å². The van der Waals surface area contributed by atoms with E-state index >= 15 is 0 Å². The lowest BCUT2D eigenvalue weighted by atomic mass is 9.77. The predicted molar refractivity (Wildman–Crippen MR) is 78.6 cm³/mol. The van der Waals surface area contributed by atoms with Crippen LogP contribution < -0.4 is 0 Å². The Labute approximate surface area is 128 Å². The smallest absolute Gasteiger partial charge is 0.311 e. The summed E-state index contributed by atoms with van der Waals surface area (Å²) in [6, 6.07) is 4.30. The lowest BCUT2D eigenvalue weighted by molar-refractivity contribution is -0.152. The molecule has 114 valence electrons. The number of phenols is 1. The summed E-state index contributed by atoms with van der Waals surface area (Å²) in [6.07, 6.45) is 1.67. The molecule has 0 radical (unpaired) electrons. The lowest BCUT2D eigenvalue weighted by Gasteiger charge is -2.39. The average molecular weight is 312 g/mol. The van der Waals surface area contributed by atoms with E-state index in [4.69, 9.17) is 11.6 Å². The second kappa shape index (κ2) is 5.93. The van der Waals surface area contributed by atoms with Crippen LogP contribution in [-0.2, 0) is 4.79 Å². The Bertz CT molecular complexity index is 575. The molecule has 0 aliphatic carbocycles. The van der Waals surface area contributed by atoms with Crippen LogP contribution in [0.4, 0.5) is 0 Å². The van der Waals surface area contributed by atoms with Crippen molar-refractivity contribution >= 4 is 23.5 Å². The Hall–Kier alpha value is -1.75. The first kappa shape index (κ1) is 15.6. The summed E-state index contributed by atoms with van der Waals surface area (Å²) in [5.41, 5.74) is -0.743. The predicted octanol–water partition coefficient (Wildman–Crippen LogP) is 2.76. The SMILES string of the molecule is CCC1(C(=O)O)CCCN(C(=O)c2ccc(Cl)cc2O)C1. The third-order valence-electron chi connectivity index (χ3n) is 4.18. The van der Waals surface area contributed by atoms with Gasteiger partial charge in [-0.1, -0.05) is 18.5 Å². The minimum absolute atomic E-state index is 0.150. The van der Waals surface area contributed by atoms with Crippen molar-refractivity contribution in [2.45, 2.75) is 26.2 Å². The maximum absolute atomic E-state index is 12.5. The molecule has 1 amide bonds. The van der Waals surface area contributed by atoms with E-state index in [2.05, 4.69) is 0 Å². The number of carboxylic acid groups (broad SMARTS) is 1. The molecule has 0 aromatic heterocycles. The van der Waals surface area contributed by atoms with Crippen LogP contribution in [0.25, 0.3) is 0 Å². The summed E-state index contributed by atoms with van der Waals surface area (Å²) in [5, 5.41) is 19.6.